The maximum Gasteiger partial charge on any atom is 0.229 e. The number of hydrogen-bond acceptors (Lipinski definition) is 4. The predicted molar refractivity (Wildman–Crippen MR) is 93.0 cm³/mol. The molecule has 23 heavy (non-hydrogen) atoms. The molecular formula is C18H23N3O2. The van der Waals surface area contributed by atoms with Crippen LogP contribution in [-0.2, 0) is 11.2 Å². The molecular weight excluding hydrogens is 290 g/mol. The molecule has 0 fully saturated rings. The highest BCUT2D eigenvalue weighted by molar-refractivity contribution is 5.91. The number of amides is 1. The number of rotatable bonds is 8. The Morgan fingerprint density at radius 1 is 1.17 bits per heavy atom. The Hall–Kier alpha value is -2.56. The quantitative estimate of drug-likeness (QED) is 0.732. The zero-order chi connectivity index (χ0) is 16.5. The van der Waals surface area contributed by atoms with E-state index < -0.39 is 0 Å². The number of carbonyl (C=O) groups excluding carboxylic acids is 1. The Balaban J connectivity index is 1.84. The number of aromatic nitrogens is 1. The summed E-state index contributed by atoms with van der Waals surface area (Å²) < 4.78 is 5.10. The first-order valence-electron chi connectivity index (χ1n) is 7.84. The maximum absolute atomic E-state index is 12.0. The van der Waals surface area contributed by atoms with Crippen molar-refractivity contribution in [3.63, 3.8) is 0 Å². The minimum absolute atomic E-state index is 0.0886. The molecule has 2 rings (SSSR count). The van der Waals surface area contributed by atoms with Crippen LogP contribution in [-0.4, -0.2) is 24.5 Å². The minimum atomic E-state index is -0.0886. The van der Waals surface area contributed by atoms with E-state index in [1.165, 1.54) is 0 Å². The summed E-state index contributed by atoms with van der Waals surface area (Å²) in [6, 6.07) is 11.2. The zero-order valence-electron chi connectivity index (χ0n) is 13.6. The molecule has 122 valence electrons. The SMILES string of the molecule is CCCCNc1ccc(NC(=O)Cc2ccc(OC)cc2)nc1. The van der Waals surface area contributed by atoms with Crippen molar-refractivity contribution in [2.45, 2.75) is 26.2 Å². The van der Waals surface area contributed by atoms with E-state index in [1.54, 1.807) is 19.4 Å². The third kappa shape index (κ3) is 5.62. The van der Waals surface area contributed by atoms with Crippen LogP contribution in [0.5, 0.6) is 5.75 Å². The summed E-state index contributed by atoms with van der Waals surface area (Å²) in [4.78, 5) is 16.3. The molecule has 0 bridgehead atoms. The van der Waals surface area contributed by atoms with E-state index in [1.807, 2.05) is 30.3 Å². The lowest BCUT2D eigenvalue weighted by Crippen LogP contribution is -2.15. The highest BCUT2D eigenvalue weighted by atomic mass is 16.5. The van der Waals surface area contributed by atoms with Crippen LogP contribution in [0.2, 0.25) is 0 Å². The fourth-order valence-corrected chi connectivity index (χ4v) is 2.10. The number of ether oxygens (including phenoxy) is 1. The van der Waals surface area contributed by atoms with Gasteiger partial charge in [0, 0.05) is 6.54 Å². The third-order valence-electron chi connectivity index (χ3n) is 3.41. The number of unbranched alkanes of at least 4 members (excludes halogenated alkanes) is 1. The average Bonchev–Trinajstić information content (AvgIpc) is 2.57. The van der Waals surface area contributed by atoms with Crippen LogP contribution < -0.4 is 15.4 Å². The van der Waals surface area contributed by atoms with E-state index >= 15 is 0 Å². The van der Waals surface area contributed by atoms with Gasteiger partial charge in [0.15, 0.2) is 0 Å². The average molecular weight is 313 g/mol. The van der Waals surface area contributed by atoms with E-state index in [-0.39, 0.29) is 5.91 Å². The molecule has 2 aromatic rings. The number of anilines is 2. The highest BCUT2D eigenvalue weighted by Crippen LogP contribution is 2.13. The highest BCUT2D eigenvalue weighted by Gasteiger charge is 2.05. The zero-order valence-corrected chi connectivity index (χ0v) is 13.6. The largest absolute Gasteiger partial charge is 0.497 e. The number of pyridine rings is 1. The number of nitrogens with zero attached hydrogens (tertiary/aromatic N) is 1. The molecule has 0 atom stereocenters. The van der Waals surface area contributed by atoms with E-state index in [2.05, 4.69) is 22.5 Å². The normalized spacial score (nSPS) is 10.2. The van der Waals surface area contributed by atoms with Gasteiger partial charge in [0.05, 0.1) is 25.4 Å². The molecule has 0 saturated heterocycles. The fraction of sp³-hybridized carbons (Fsp3) is 0.333. The number of benzene rings is 1. The molecule has 0 aliphatic rings. The Morgan fingerprint density at radius 2 is 1.96 bits per heavy atom. The Kier molecular flexibility index (Phi) is 6.41. The molecule has 0 aliphatic heterocycles. The molecule has 1 amide bonds. The first-order chi connectivity index (χ1) is 11.2. The van der Waals surface area contributed by atoms with Crippen molar-refractivity contribution in [3.05, 3.63) is 48.2 Å². The smallest absolute Gasteiger partial charge is 0.229 e. The Morgan fingerprint density at radius 3 is 2.57 bits per heavy atom. The first-order valence-corrected chi connectivity index (χ1v) is 7.84. The molecule has 5 nitrogen and oxygen atoms in total. The molecule has 0 spiro atoms. The summed E-state index contributed by atoms with van der Waals surface area (Å²) in [5, 5.41) is 6.09. The molecule has 2 N–H and O–H groups in total. The van der Waals surface area contributed by atoms with Crippen molar-refractivity contribution < 1.29 is 9.53 Å². The summed E-state index contributed by atoms with van der Waals surface area (Å²) in [5.74, 6) is 1.25. The van der Waals surface area contributed by atoms with Crippen LogP contribution in [0.1, 0.15) is 25.3 Å². The van der Waals surface area contributed by atoms with E-state index in [0.29, 0.717) is 12.2 Å². The second-order valence-electron chi connectivity index (χ2n) is 5.29. The number of carbonyl (C=O) groups is 1. The van der Waals surface area contributed by atoms with E-state index in [4.69, 9.17) is 4.74 Å². The van der Waals surface area contributed by atoms with Gasteiger partial charge in [-0.2, -0.15) is 0 Å². The monoisotopic (exact) mass is 313 g/mol. The lowest BCUT2D eigenvalue weighted by atomic mass is 10.1. The summed E-state index contributed by atoms with van der Waals surface area (Å²) in [7, 11) is 1.62. The Bertz CT molecular complexity index is 609. The van der Waals surface area contributed by atoms with Gasteiger partial charge >= 0.3 is 0 Å². The van der Waals surface area contributed by atoms with Gasteiger partial charge in [0.25, 0.3) is 0 Å². The molecule has 1 heterocycles. The molecule has 0 unspecified atom stereocenters. The van der Waals surface area contributed by atoms with Crippen molar-refractivity contribution in [3.8, 4) is 5.75 Å². The third-order valence-corrected chi connectivity index (χ3v) is 3.41. The second kappa shape index (κ2) is 8.78. The predicted octanol–water partition coefficient (Wildman–Crippen LogP) is 3.48. The second-order valence-corrected chi connectivity index (χ2v) is 5.29. The summed E-state index contributed by atoms with van der Waals surface area (Å²) in [6.07, 6.45) is 4.32. The van der Waals surface area contributed by atoms with Gasteiger partial charge in [0.2, 0.25) is 5.91 Å². The van der Waals surface area contributed by atoms with Gasteiger partial charge in [-0.25, -0.2) is 4.98 Å². The molecule has 5 heteroatoms. The molecule has 0 aliphatic carbocycles. The Labute approximate surface area is 137 Å². The van der Waals surface area contributed by atoms with Crippen molar-refractivity contribution in [1.29, 1.82) is 0 Å². The van der Waals surface area contributed by atoms with Crippen LogP contribution in [0.25, 0.3) is 0 Å². The van der Waals surface area contributed by atoms with Crippen LogP contribution >= 0.6 is 0 Å². The van der Waals surface area contributed by atoms with Gasteiger partial charge < -0.3 is 15.4 Å². The van der Waals surface area contributed by atoms with Gasteiger partial charge in [-0.15, -0.1) is 0 Å². The maximum atomic E-state index is 12.0. The van der Waals surface area contributed by atoms with Crippen molar-refractivity contribution in [2.24, 2.45) is 0 Å². The number of hydrogen-bond donors (Lipinski definition) is 2. The lowest BCUT2D eigenvalue weighted by molar-refractivity contribution is -0.115. The van der Waals surface area contributed by atoms with Crippen LogP contribution in [0.15, 0.2) is 42.6 Å². The van der Waals surface area contributed by atoms with Crippen LogP contribution in [0, 0.1) is 0 Å². The summed E-state index contributed by atoms with van der Waals surface area (Å²) in [5.41, 5.74) is 1.90. The van der Waals surface area contributed by atoms with E-state index in [0.717, 1.165) is 36.4 Å². The van der Waals surface area contributed by atoms with Crippen LogP contribution in [0.3, 0.4) is 0 Å². The van der Waals surface area contributed by atoms with Gasteiger partial charge in [-0.3, -0.25) is 4.79 Å². The van der Waals surface area contributed by atoms with Crippen molar-refractivity contribution >= 4 is 17.4 Å². The topological polar surface area (TPSA) is 63.2 Å². The molecule has 1 aromatic heterocycles. The van der Waals surface area contributed by atoms with E-state index in [9.17, 15) is 4.79 Å². The molecule has 1 aromatic carbocycles. The van der Waals surface area contributed by atoms with Crippen molar-refractivity contribution in [2.75, 3.05) is 24.3 Å². The fourth-order valence-electron chi connectivity index (χ4n) is 2.10. The molecule has 0 saturated carbocycles. The minimum Gasteiger partial charge on any atom is -0.497 e. The van der Waals surface area contributed by atoms with Crippen molar-refractivity contribution in [1.82, 2.24) is 4.98 Å². The van der Waals surface area contributed by atoms with Gasteiger partial charge in [-0.05, 0) is 36.2 Å². The lowest BCUT2D eigenvalue weighted by Gasteiger charge is -2.08. The standard InChI is InChI=1S/C18H23N3O2/c1-3-4-11-19-15-7-10-17(20-13-15)21-18(22)12-14-5-8-16(23-2)9-6-14/h5-10,13,19H,3-4,11-12H2,1-2H3,(H,20,21,22). The molecule has 0 radical (unpaired) electrons. The summed E-state index contributed by atoms with van der Waals surface area (Å²) in [6.45, 7) is 3.09. The number of methoxy groups -OCH3 is 1. The summed E-state index contributed by atoms with van der Waals surface area (Å²) >= 11 is 0. The first kappa shape index (κ1) is 16.8. The van der Waals surface area contributed by atoms with Gasteiger partial charge in [-0.1, -0.05) is 25.5 Å². The van der Waals surface area contributed by atoms with Crippen LogP contribution in [0.4, 0.5) is 11.5 Å². The number of nitrogens with one attached hydrogen (secondary N) is 2. The van der Waals surface area contributed by atoms with Gasteiger partial charge in [0.1, 0.15) is 11.6 Å².